The Hall–Kier alpha value is -0.320. The monoisotopic (exact) mass is 368 g/mol. The maximum absolute atomic E-state index is 10.2. The quantitative estimate of drug-likeness (QED) is 0.451. The minimum Gasteiger partial charge on any atom is -0.400 e. The fourth-order valence-electron chi connectivity index (χ4n) is 2.95. The summed E-state index contributed by atoms with van der Waals surface area (Å²) in [5, 5.41) is 45.5. The third-order valence-electron chi connectivity index (χ3n) is 4.11. The molecular weight excluding hydrogens is 332 g/mol. The Balaban J connectivity index is 0.00000134. The molecule has 0 saturated carbocycles. The van der Waals surface area contributed by atoms with Crippen LogP contribution in [0.25, 0.3) is 0 Å². The zero-order valence-electron chi connectivity index (χ0n) is 15.7. The molecular formula is C17H36O8. The van der Waals surface area contributed by atoms with Gasteiger partial charge in [-0.1, -0.05) is 20.8 Å². The molecule has 8 heteroatoms. The van der Waals surface area contributed by atoms with Crippen molar-refractivity contribution in [3.05, 3.63) is 0 Å². The fourth-order valence-corrected chi connectivity index (χ4v) is 2.95. The van der Waals surface area contributed by atoms with E-state index in [2.05, 4.69) is 0 Å². The van der Waals surface area contributed by atoms with Gasteiger partial charge in [0.1, 0.15) is 12.2 Å². The molecule has 25 heavy (non-hydrogen) atoms. The highest BCUT2D eigenvalue weighted by Gasteiger charge is 2.41. The van der Waals surface area contributed by atoms with E-state index in [1.807, 2.05) is 20.8 Å². The molecule has 2 heterocycles. The second-order valence-electron chi connectivity index (χ2n) is 5.79. The van der Waals surface area contributed by atoms with E-state index in [-0.39, 0.29) is 25.7 Å². The lowest BCUT2D eigenvalue weighted by atomic mass is 9.96. The summed E-state index contributed by atoms with van der Waals surface area (Å²) in [7, 11) is 1.00. The topological polar surface area (TPSA) is 129 Å². The van der Waals surface area contributed by atoms with Gasteiger partial charge in [0.15, 0.2) is 6.29 Å². The molecule has 0 aromatic rings. The molecule has 2 rings (SSSR count). The highest BCUT2D eigenvalue weighted by atomic mass is 16.7. The van der Waals surface area contributed by atoms with Crippen molar-refractivity contribution >= 4 is 0 Å². The molecule has 8 nitrogen and oxygen atoms in total. The average Bonchev–Trinajstić information content (AvgIpc) is 2.65. The molecule has 0 spiro atoms. The third kappa shape index (κ3) is 7.84. The first-order chi connectivity index (χ1) is 12.1. The molecule has 0 aromatic heterocycles. The van der Waals surface area contributed by atoms with Gasteiger partial charge in [-0.05, 0) is 6.42 Å². The summed E-state index contributed by atoms with van der Waals surface area (Å²) in [4.78, 5) is 0. The number of hydrogen-bond acceptors (Lipinski definition) is 8. The second-order valence-corrected chi connectivity index (χ2v) is 5.79. The van der Waals surface area contributed by atoms with Gasteiger partial charge in [0.2, 0.25) is 0 Å². The van der Waals surface area contributed by atoms with Crippen molar-refractivity contribution < 1.29 is 39.7 Å². The lowest BCUT2D eigenvalue weighted by Gasteiger charge is -2.42. The predicted octanol–water partition coefficient (Wildman–Crippen LogP) is -0.215. The Morgan fingerprint density at radius 2 is 1.56 bits per heavy atom. The van der Waals surface area contributed by atoms with Crippen molar-refractivity contribution in [1.82, 2.24) is 0 Å². The minimum atomic E-state index is -0.754. The van der Waals surface area contributed by atoms with Crippen LogP contribution >= 0.6 is 0 Å². The van der Waals surface area contributed by atoms with Crippen LogP contribution in [0.15, 0.2) is 0 Å². The van der Waals surface area contributed by atoms with Crippen LogP contribution in [0.2, 0.25) is 0 Å². The first-order valence-electron chi connectivity index (χ1n) is 9.06. The van der Waals surface area contributed by atoms with Crippen molar-refractivity contribution in [1.29, 1.82) is 0 Å². The summed E-state index contributed by atoms with van der Waals surface area (Å²) in [6.45, 7) is 5.51. The van der Waals surface area contributed by atoms with Crippen LogP contribution < -0.4 is 0 Å². The number of aliphatic hydroxyl groups is 5. The van der Waals surface area contributed by atoms with Crippen LogP contribution in [0.5, 0.6) is 0 Å². The predicted molar refractivity (Wildman–Crippen MR) is 92.0 cm³/mol. The molecule has 7 atom stereocenters. The highest BCUT2D eigenvalue weighted by Crippen LogP contribution is 2.28. The number of rotatable bonds is 5. The Bertz CT molecular complexity index is 317. The van der Waals surface area contributed by atoms with Gasteiger partial charge in [-0.25, -0.2) is 0 Å². The summed E-state index contributed by atoms with van der Waals surface area (Å²) in [6.07, 6.45) is -2.15. The van der Waals surface area contributed by atoms with Gasteiger partial charge in [0.25, 0.3) is 0 Å². The molecule has 2 aliphatic heterocycles. The number of aliphatic hydroxyl groups excluding tert-OH is 5. The first kappa shape index (κ1) is 24.7. The highest BCUT2D eigenvalue weighted by molar-refractivity contribution is 4.87. The van der Waals surface area contributed by atoms with Gasteiger partial charge in [-0.2, -0.15) is 0 Å². The van der Waals surface area contributed by atoms with E-state index in [1.54, 1.807) is 0 Å². The van der Waals surface area contributed by atoms with Gasteiger partial charge in [-0.3, -0.25) is 0 Å². The second kappa shape index (κ2) is 13.8. The molecule has 0 aromatic carbocycles. The SMILES string of the molecule is CC.CCC1CC(O)C(OC2CC(O)CC(CO)O2)C(CO)O1.CO. The Morgan fingerprint density at radius 3 is 2.08 bits per heavy atom. The van der Waals surface area contributed by atoms with Gasteiger partial charge in [-0.15, -0.1) is 0 Å². The maximum Gasteiger partial charge on any atom is 0.161 e. The molecule has 0 radical (unpaired) electrons. The van der Waals surface area contributed by atoms with Gasteiger partial charge >= 0.3 is 0 Å². The van der Waals surface area contributed by atoms with E-state index >= 15 is 0 Å². The third-order valence-corrected chi connectivity index (χ3v) is 4.11. The summed E-state index contributed by atoms with van der Waals surface area (Å²) >= 11 is 0. The van der Waals surface area contributed by atoms with Gasteiger partial charge in [0.05, 0.1) is 37.6 Å². The van der Waals surface area contributed by atoms with E-state index in [0.29, 0.717) is 12.8 Å². The van der Waals surface area contributed by atoms with Crippen LogP contribution in [0.4, 0.5) is 0 Å². The van der Waals surface area contributed by atoms with Crippen LogP contribution in [0.1, 0.15) is 46.5 Å². The van der Waals surface area contributed by atoms with E-state index in [9.17, 15) is 15.3 Å². The zero-order chi connectivity index (χ0) is 19.4. The molecule has 0 bridgehead atoms. The molecule has 152 valence electrons. The van der Waals surface area contributed by atoms with Crippen LogP contribution in [0.3, 0.4) is 0 Å². The Kier molecular flexibility index (Phi) is 13.7. The number of hydrogen-bond donors (Lipinski definition) is 5. The van der Waals surface area contributed by atoms with Gasteiger partial charge in [0, 0.05) is 26.4 Å². The molecule has 0 aliphatic carbocycles. The van der Waals surface area contributed by atoms with Crippen LogP contribution in [0, 0.1) is 0 Å². The largest absolute Gasteiger partial charge is 0.400 e. The fraction of sp³-hybridized carbons (Fsp3) is 1.00. The maximum atomic E-state index is 10.2. The lowest BCUT2D eigenvalue weighted by Crippen LogP contribution is -2.53. The van der Waals surface area contributed by atoms with E-state index in [1.165, 1.54) is 0 Å². The van der Waals surface area contributed by atoms with Crippen molar-refractivity contribution in [3.63, 3.8) is 0 Å². The molecule has 2 aliphatic rings. The van der Waals surface area contributed by atoms with Crippen LogP contribution in [-0.4, -0.2) is 88.8 Å². The van der Waals surface area contributed by atoms with Crippen molar-refractivity contribution in [3.8, 4) is 0 Å². The molecule has 5 N–H and O–H groups in total. The summed E-state index contributed by atoms with van der Waals surface area (Å²) in [5.41, 5.74) is 0. The smallest absolute Gasteiger partial charge is 0.161 e. The lowest BCUT2D eigenvalue weighted by molar-refractivity contribution is -0.286. The zero-order valence-corrected chi connectivity index (χ0v) is 15.7. The summed E-state index contributed by atoms with van der Waals surface area (Å²) in [5.74, 6) is 0. The summed E-state index contributed by atoms with van der Waals surface area (Å²) in [6, 6.07) is 0. The summed E-state index contributed by atoms with van der Waals surface area (Å²) < 4.78 is 16.9. The average molecular weight is 368 g/mol. The molecule has 0 amide bonds. The first-order valence-corrected chi connectivity index (χ1v) is 9.06. The van der Waals surface area contributed by atoms with Crippen molar-refractivity contribution in [2.24, 2.45) is 0 Å². The molecule has 2 saturated heterocycles. The van der Waals surface area contributed by atoms with Crippen molar-refractivity contribution in [2.75, 3.05) is 20.3 Å². The Labute approximate surface area is 150 Å². The molecule has 2 fully saturated rings. The van der Waals surface area contributed by atoms with E-state index in [0.717, 1.165) is 13.5 Å². The number of ether oxygens (including phenoxy) is 3. The van der Waals surface area contributed by atoms with E-state index < -0.39 is 36.8 Å². The van der Waals surface area contributed by atoms with Crippen molar-refractivity contribution in [2.45, 2.75) is 89.4 Å². The standard InChI is InChI=1S/C14H26O7.C2H6.CH4O/c1-2-9-5-11(18)14(12(7-16)19-9)21-13-4-8(17)3-10(6-15)20-13;2*1-2/h8-18H,2-7H2,1H3;1-2H3;2H,1H3. The molecule has 7 unspecified atom stereocenters. The van der Waals surface area contributed by atoms with Gasteiger partial charge < -0.3 is 39.7 Å². The minimum absolute atomic E-state index is 0.0972. The van der Waals surface area contributed by atoms with Crippen LogP contribution in [-0.2, 0) is 14.2 Å². The van der Waals surface area contributed by atoms with E-state index in [4.69, 9.17) is 24.4 Å². The Morgan fingerprint density at radius 1 is 0.920 bits per heavy atom. The normalized spacial score (nSPS) is 38.0.